The molecule has 0 fully saturated rings. The minimum absolute atomic E-state index is 0.260. The van der Waals surface area contributed by atoms with E-state index in [1.54, 1.807) is 0 Å². The first-order chi connectivity index (χ1) is 6.70. The Hall–Kier alpha value is -0.800. The van der Waals surface area contributed by atoms with Crippen molar-refractivity contribution in [2.24, 2.45) is 5.92 Å². The van der Waals surface area contributed by atoms with E-state index in [9.17, 15) is 10.1 Å². The van der Waals surface area contributed by atoms with Gasteiger partial charge in [0.2, 0.25) is 0 Å². The Morgan fingerprint density at radius 2 is 2.00 bits per heavy atom. The van der Waals surface area contributed by atoms with Crippen molar-refractivity contribution in [2.75, 3.05) is 6.61 Å². The zero-order valence-corrected chi connectivity index (χ0v) is 9.20. The molecule has 84 valence electrons. The van der Waals surface area contributed by atoms with Crippen LogP contribution >= 0.6 is 0 Å². The second-order valence-electron chi connectivity index (χ2n) is 3.64. The van der Waals surface area contributed by atoms with Crippen molar-refractivity contribution in [3.63, 3.8) is 0 Å². The van der Waals surface area contributed by atoms with E-state index in [0.717, 1.165) is 19.3 Å². The van der Waals surface area contributed by atoms with E-state index in [1.807, 2.05) is 6.92 Å². The molecule has 14 heavy (non-hydrogen) atoms. The molecule has 0 radical (unpaired) electrons. The van der Waals surface area contributed by atoms with Gasteiger partial charge in [-0.25, -0.2) is 0 Å². The number of nitrogens with zero attached hydrogens (tertiary/aromatic N) is 1. The Morgan fingerprint density at radius 3 is 2.50 bits per heavy atom. The number of hydrogen-bond donors (Lipinski definition) is 0. The van der Waals surface area contributed by atoms with Crippen LogP contribution in [0, 0.1) is 16.0 Å². The Balaban J connectivity index is 3.42. The zero-order valence-electron chi connectivity index (χ0n) is 9.20. The molecule has 1 unspecified atom stereocenters. The Kier molecular flexibility index (Phi) is 8.28. The molecule has 0 spiro atoms. The summed E-state index contributed by atoms with van der Waals surface area (Å²) in [5.41, 5.74) is 0. The van der Waals surface area contributed by atoms with Crippen molar-refractivity contribution in [3.05, 3.63) is 10.1 Å². The van der Waals surface area contributed by atoms with Gasteiger partial charge in [-0.3, -0.25) is 0 Å². The highest BCUT2D eigenvalue weighted by molar-refractivity contribution is 4.55. The second-order valence-corrected chi connectivity index (χ2v) is 3.64. The third-order valence-electron chi connectivity index (χ3n) is 2.46. The first-order valence-electron chi connectivity index (χ1n) is 5.48. The molecule has 1 atom stereocenters. The third kappa shape index (κ3) is 7.83. The fraction of sp³-hybridized carbons (Fsp3) is 1.00. The average molecular weight is 203 g/mol. The fourth-order valence-electron chi connectivity index (χ4n) is 1.43. The van der Waals surface area contributed by atoms with E-state index in [-0.39, 0.29) is 6.61 Å². The molecule has 0 rings (SSSR count). The zero-order chi connectivity index (χ0) is 10.8. The molecule has 0 aliphatic heterocycles. The summed E-state index contributed by atoms with van der Waals surface area (Å²) in [5, 5.41) is 9.28. The van der Waals surface area contributed by atoms with Gasteiger partial charge < -0.3 is 4.84 Å². The lowest BCUT2D eigenvalue weighted by Crippen LogP contribution is -2.12. The van der Waals surface area contributed by atoms with Gasteiger partial charge in [-0.1, -0.05) is 46.0 Å². The van der Waals surface area contributed by atoms with Crippen LogP contribution in [-0.4, -0.2) is 11.7 Å². The van der Waals surface area contributed by atoms with Crippen LogP contribution in [0.2, 0.25) is 0 Å². The van der Waals surface area contributed by atoms with Crippen LogP contribution in [0.15, 0.2) is 0 Å². The highest BCUT2D eigenvalue weighted by Gasteiger charge is 2.08. The molecule has 0 N–H and O–H groups in total. The van der Waals surface area contributed by atoms with Gasteiger partial charge in [0.15, 0.2) is 0 Å². The molecule has 0 aromatic heterocycles. The molecule has 4 nitrogen and oxygen atoms in total. The lowest BCUT2D eigenvalue weighted by molar-refractivity contribution is -0.759. The summed E-state index contributed by atoms with van der Waals surface area (Å²) in [6.45, 7) is 4.48. The van der Waals surface area contributed by atoms with Crippen molar-refractivity contribution in [2.45, 2.75) is 52.4 Å². The molecule has 0 heterocycles. The maximum Gasteiger partial charge on any atom is 0.294 e. The van der Waals surface area contributed by atoms with Crippen molar-refractivity contribution < 1.29 is 9.92 Å². The molecule has 0 amide bonds. The van der Waals surface area contributed by atoms with Crippen molar-refractivity contribution >= 4 is 0 Å². The van der Waals surface area contributed by atoms with E-state index in [2.05, 4.69) is 11.8 Å². The van der Waals surface area contributed by atoms with Crippen molar-refractivity contribution in [3.8, 4) is 0 Å². The molecule has 0 aromatic carbocycles. The summed E-state index contributed by atoms with van der Waals surface area (Å²) in [6.07, 6.45) is 6.87. The third-order valence-corrected chi connectivity index (χ3v) is 2.46. The van der Waals surface area contributed by atoms with Crippen LogP contribution < -0.4 is 0 Å². The average Bonchev–Trinajstić information content (AvgIpc) is 2.16. The highest BCUT2D eigenvalue weighted by Crippen LogP contribution is 2.14. The summed E-state index contributed by atoms with van der Waals surface area (Å²) in [4.78, 5) is 14.4. The predicted octanol–water partition coefficient (Wildman–Crippen LogP) is 3.19. The lowest BCUT2D eigenvalue weighted by atomic mass is 9.99. The molecule has 0 aliphatic carbocycles. The largest absolute Gasteiger partial charge is 0.314 e. The van der Waals surface area contributed by atoms with E-state index < -0.39 is 5.09 Å². The summed E-state index contributed by atoms with van der Waals surface area (Å²) in [7, 11) is 0. The van der Waals surface area contributed by atoms with Crippen LogP contribution in [0.3, 0.4) is 0 Å². The van der Waals surface area contributed by atoms with E-state index >= 15 is 0 Å². The Morgan fingerprint density at radius 1 is 1.29 bits per heavy atom. The van der Waals surface area contributed by atoms with Crippen LogP contribution in [0.25, 0.3) is 0 Å². The van der Waals surface area contributed by atoms with Crippen LogP contribution in [-0.2, 0) is 4.84 Å². The molecular weight excluding hydrogens is 182 g/mol. The minimum atomic E-state index is -0.700. The molecular formula is C10H21NO3. The second kappa shape index (κ2) is 8.78. The Labute approximate surface area is 85.7 Å². The molecule has 0 bridgehead atoms. The van der Waals surface area contributed by atoms with Gasteiger partial charge in [-0.2, -0.15) is 0 Å². The number of hydrogen-bond acceptors (Lipinski definition) is 3. The number of rotatable bonds is 9. The molecule has 0 saturated heterocycles. The van der Waals surface area contributed by atoms with Gasteiger partial charge in [0.25, 0.3) is 5.09 Å². The fourth-order valence-corrected chi connectivity index (χ4v) is 1.43. The predicted molar refractivity (Wildman–Crippen MR) is 55.5 cm³/mol. The van der Waals surface area contributed by atoms with Gasteiger partial charge in [-0.05, 0) is 12.3 Å². The summed E-state index contributed by atoms with van der Waals surface area (Å²) in [5.74, 6) is 0.345. The van der Waals surface area contributed by atoms with Crippen molar-refractivity contribution in [1.82, 2.24) is 0 Å². The first kappa shape index (κ1) is 13.2. The van der Waals surface area contributed by atoms with E-state index in [4.69, 9.17) is 0 Å². The van der Waals surface area contributed by atoms with Crippen LogP contribution in [0.5, 0.6) is 0 Å². The standard InChI is InChI=1S/C10H21NO3/c1-3-5-6-7-8-10(4-2)9-14-11(12)13/h10H,3-9H2,1-2H3. The molecule has 4 heteroatoms. The molecule has 0 aliphatic rings. The maximum atomic E-state index is 9.98. The van der Waals surface area contributed by atoms with Gasteiger partial charge >= 0.3 is 0 Å². The van der Waals surface area contributed by atoms with E-state index in [0.29, 0.717) is 5.92 Å². The van der Waals surface area contributed by atoms with Gasteiger partial charge in [0, 0.05) is 0 Å². The van der Waals surface area contributed by atoms with Crippen LogP contribution in [0.1, 0.15) is 52.4 Å². The first-order valence-corrected chi connectivity index (χ1v) is 5.48. The monoisotopic (exact) mass is 203 g/mol. The van der Waals surface area contributed by atoms with E-state index in [1.165, 1.54) is 19.3 Å². The van der Waals surface area contributed by atoms with Crippen LogP contribution in [0.4, 0.5) is 0 Å². The lowest BCUT2D eigenvalue weighted by Gasteiger charge is -2.12. The Bertz CT molecular complexity index is 150. The van der Waals surface area contributed by atoms with Crippen molar-refractivity contribution in [1.29, 1.82) is 0 Å². The normalized spacial score (nSPS) is 12.4. The summed E-state index contributed by atoms with van der Waals surface area (Å²) >= 11 is 0. The molecule has 0 saturated carbocycles. The SMILES string of the molecule is CCCCCCC(CC)CO[N+](=O)[O-]. The molecule has 0 aromatic rings. The quantitative estimate of drug-likeness (QED) is 0.328. The van der Waals surface area contributed by atoms with Gasteiger partial charge in [0.1, 0.15) is 0 Å². The summed E-state index contributed by atoms with van der Waals surface area (Å²) < 4.78 is 0. The minimum Gasteiger partial charge on any atom is -0.314 e. The smallest absolute Gasteiger partial charge is 0.294 e. The van der Waals surface area contributed by atoms with Gasteiger partial charge in [0.05, 0.1) is 6.61 Å². The summed E-state index contributed by atoms with van der Waals surface area (Å²) in [6, 6.07) is 0. The number of unbranched alkanes of at least 4 members (excludes halogenated alkanes) is 3. The topological polar surface area (TPSA) is 52.4 Å². The van der Waals surface area contributed by atoms with Gasteiger partial charge in [-0.15, -0.1) is 10.1 Å². The maximum absolute atomic E-state index is 9.98. The highest BCUT2D eigenvalue weighted by atomic mass is 16.9.